The van der Waals surface area contributed by atoms with Crippen LogP contribution < -0.4 is 0 Å². The Morgan fingerprint density at radius 1 is 1.09 bits per heavy atom. The fourth-order valence-electron chi connectivity index (χ4n) is 5.49. The van der Waals surface area contributed by atoms with Crippen LogP contribution in [0.1, 0.15) is 38.2 Å². The number of allylic oxidation sites excluding steroid dienone is 3. The van der Waals surface area contributed by atoms with Gasteiger partial charge in [0.05, 0.1) is 6.61 Å². The zero-order valence-electron chi connectivity index (χ0n) is 19.0. The normalized spacial score (nSPS) is 33.4. The highest BCUT2D eigenvalue weighted by atomic mass is 16.6. The topological polar surface area (TPSA) is 55.8 Å². The average molecular weight is 436 g/mol. The molecule has 2 heterocycles. The van der Waals surface area contributed by atoms with Crippen molar-refractivity contribution >= 4 is 11.9 Å². The largest absolute Gasteiger partial charge is 0.445 e. The molecule has 5 nitrogen and oxygen atoms in total. The standard InChI is InChI=1S/C27H33NO4/c1-20-17-22-14-16-31-15-10-5-3-4-9-13-25(29)32-27(22)23(18-20)24(28(2)26(27)30)19-21-11-7-6-8-12-21/h5-13,17,22-24H,3-4,14-16,18-19H2,1-2H3/b10-5+,13-9+/t22-,23-,24-,27+/m0/s1. The maximum Gasteiger partial charge on any atom is 0.331 e. The van der Waals surface area contributed by atoms with Crippen molar-refractivity contribution in [2.75, 3.05) is 20.3 Å². The van der Waals surface area contributed by atoms with E-state index >= 15 is 0 Å². The minimum absolute atomic E-state index is 0.0319. The lowest BCUT2D eigenvalue weighted by Gasteiger charge is -2.42. The Morgan fingerprint density at radius 3 is 2.69 bits per heavy atom. The first-order valence-electron chi connectivity index (χ1n) is 11.6. The first kappa shape index (κ1) is 22.5. The third-order valence-electron chi connectivity index (χ3n) is 7.01. The van der Waals surface area contributed by atoms with Crippen LogP contribution >= 0.6 is 0 Å². The van der Waals surface area contributed by atoms with Gasteiger partial charge in [-0.15, -0.1) is 0 Å². The van der Waals surface area contributed by atoms with Crippen LogP contribution in [0.3, 0.4) is 0 Å². The summed E-state index contributed by atoms with van der Waals surface area (Å²) in [5.41, 5.74) is 1.24. The van der Waals surface area contributed by atoms with Gasteiger partial charge in [-0.3, -0.25) is 4.79 Å². The molecule has 4 rings (SSSR count). The van der Waals surface area contributed by atoms with E-state index in [0.717, 1.165) is 25.7 Å². The summed E-state index contributed by atoms with van der Waals surface area (Å²) < 4.78 is 12.0. The molecule has 1 aliphatic carbocycles. The lowest BCUT2D eigenvalue weighted by atomic mass is 9.67. The predicted octanol–water partition coefficient (Wildman–Crippen LogP) is 4.25. The molecule has 1 saturated heterocycles. The summed E-state index contributed by atoms with van der Waals surface area (Å²) in [5.74, 6) is -0.829. The zero-order valence-corrected chi connectivity index (χ0v) is 19.0. The van der Waals surface area contributed by atoms with Gasteiger partial charge in [0.1, 0.15) is 0 Å². The lowest BCUT2D eigenvalue weighted by Crippen LogP contribution is -2.54. The summed E-state index contributed by atoms with van der Waals surface area (Å²) in [6.45, 7) is 3.18. The quantitative estimate of drug-likeness (QED) is 0.515. The van der Waals surface area contributed by atoms with E-state index < -0.39 is 11.6 Å². The Morgan fingerprint density at radius 2 is 1.88 bits per heavy atom. The lowest BCUT2D eigenvalue weighted by molar-refractivity contribution is -0.175. The predicted molar refractivity (Wildman–Crippen MR) is 124 cm³/mol. The van der Waals surface area contributed by atoms with Crippen molar-refractivity contribution in [2.45, 2.75) is 50.7 Å². The van der Waals surface area contributed by atoms with Crippen molar-refractivity contribution in [2.24, 2.45) is 11.8 Å². The summed E-state index contributed by atoms with van der Waals surface area (Å²) in [6.07, 6.45) is 13.2. The summed E-state index contributed by atoms with van der Waals surface area (Å²) in [4.78, 5) is 28.5. The molecule has 0 bridgehead atoms. The van der Waals surface area contributed by atoms with E-state index in [-0.39, 0.29) is 23.8 Å². The van der Waals surface area contributed by atoms with Gasteiger partial charge in [-0.1, -0.05) is 60.2 Å². The number of likely N-dealkylation sites (tertiary alicyclic amines) is 1. The highest BCUT2D eigenvalue weighted by molar-refractivity contribution is 5.93. The third-order valence-corrected chi connectivity index (χ3v) is 7.01. The van der Waals surface area contributed by atoms with Crippen LogP contribution in [0.2, 0.25) is 0 Å². The number of amides is 1. The molecule has 4 atom stereocenters. The number of ether oxygens (including phenoxy) is 2. The molecule has 1 fully saturated rings. The second-order valence-electron chi connectivity index (χ2n) is 9.13. The molecule has 1 aromatic rings. The van der Waals surface area contributed by atoms with Crippen LogP contribution in [0.5, 0.6) is 0 Å². The SMILES string of the molecule is CC1=C[C@@H]2CCOC/C=C/CC/C=C/C(=O)O[C@]23C(=O)N(C)[C@@H](Cc2ccccc2)[C@@H]3C1. The molecule has 32 heavy (non-hydrogen) atoms. The fourth-order valence-corrected chi connectivity index (χ4v) is 5.49. The van der Waals surface area contributed by atoms with Crippen LogP contribution in [0.4, 0.5) is 0 Å². The summed E-state index contributed by atoms with van der Waals surface area (Å²) in [7, 11) is 1.85. The van der Waals surface area contributed by atoms with Gasteiger partial charge in [0.2, 0.25) is 5.60 Å². The molecule has 0 aromatic heterocycles. The number of esters is 1. The molecular formula is C27H33NO4. The van der Waals surface area contributed by atoms with Crippen molar-refractivity contribution < 1.29 is 19.1 Å². The van der Waals surface area contributed by atoms with Crippen molar-refractivity contribution in [3.8, 4) is 0 Å². The fraction of sp³-hybridized carbons (Fsp3) is 0.481. The second-order valence-corrected chi connectivity index (χ2v) is 9.13. The smallest absolute Gasteiger partial charge is 0.331 e. The van der Waals surface area contributed by atoms with E-state index in [1.54, 1.807) is 0 Å². The monoisotopic (exact) mass is 435 g/mol. The van der Waals surface area contributed by atoms with Crippen LogP contribution in [0.15, 0.2) is 66.3 Å². The average Bonchev–Trinajstić information content (AvgIpc) is 2.97. The van der Waals surface area contributed by atoms with E-state index in [9.17, 15) is 9.59 Å². The minimum Gasteiger partial charge on any atom is -0.445 e. The van der Waals surface area contributed by atoms with E-state index in [1.807, 2.05) is 42.3 Å². The third kappa shape index (κ3) is 4.44. The maximum absolute atomic E-state index is 13.8. The summed E-state index contributed by atoms with van der Waals surface area (Å²) in [6, 6.07) is 10.2. The van der Waals surface area contributed by atoms with Crippen LogP contribution in [-0.2, 0) is 25.5 Å². The molecule has 170 valence electrons. The molecule has 0 unspecified atom stereocenters. The molecule has 1 amide bonds. The van der Waals surface area contributed by atoms with Gasteiger partial charge < -0.3 is 14.4 Å². The van der Waals surface area contributed by atoms with E-state index in [0.29, 0.717) is 19.6 Å². The van der Waals surface area contributed by atoms with Gasteiger partial charge in [-0.2, -0.15) is 0 Å². The van der Waals surface area contributed by atoms with E-state index in [2.05, 4.69) is 31.2 Å². The van der Waals surface area contributed by atoms with Gasteiger partial charge in [-0.25, -0.2) is 4.79 Å². The number of benzene rings is 1. The van der Waals surface area contributed by atoms with E-state index in [4.69, 9.17) is 9.47 Å². The van der Waals surface area contributed by atoms with Gasteiger partial charge in [0, 0.05) is 37.6 Å². The first-order valence-corrected chi connectivity index (χ1v) is 11.6. The Kier molecular flexibility index (Phi) is 6.95. The Bertz CT molecular complexity index is 919. The molecule has 0 radical (unpaired) electrons. The van der Waals surface area contributed by atoms with Crippen molar-refractivity contribution in [1.82, 2.24) is 4.90 Å². The number of rotatable bonds is 2. The second kappa shape index (κ2) is 9.86. The molecule has 5 heteroatoms. The molecule has 3 aliphatic rings. The number of likely N-dealkylation sites (N-methyl/N-ethyl adjacent to an activating group) is 1. The Hall–Kier alpha value is -2.66. The number of carbonyl (C=O) groups excluding carboxylic acids is 2. The van der Waals surface area contributed by atoms with E-state index in [1.165, 1.54) is 17.2 Å². The highest BCUT2D eigenvalue weighted by Gasteiger charge is 2.64. The molecule has 1 aromatic carbocycles. The number of hydrogen-bond donors (Lipinski definition) is 0. The molecule has 1 spiro atoms. The first-order chi connectivity index (χ1) is 15.5. The Labute approximate surface area is 190 Å². The minimum atomic E-state index is -1.18. The van der Waals surface area contributed by atoms with Gasteiger partial charge in [0.25, 0.3) is 5.91 Å². The summed E-state index contributed by atoms with van der Waals surface area (Å²) >= 11 is 0. The number of carbonyl (C=O) groups is 2. The van der Waals surface area contributed by atoms with Crippen molar-refractivity contribution in [1.29, 1.82) is 0 Å². The van der Waals surface area contributed by atoms with Gasteiger partial charge >= 0.3 is 5.97 Å². The maximum atomic E-state index is 13.8. The number of hydrogen-bond acceptors (Lipinski definition) is 4. The molecular weight excluding hydrogens is 402 g/mol. The van der Waals surface area contributed by atoms with Crippen LogP contribution in [-0.4, -0.2) is 48.7 Å². The van der Waals surface area contributed by atoms with Gasteiger partial charge in [-0.05, 0) is 44.6 Å². The van der Waals surface area contributed by atoms with Crippen molar-refractivity contribution in [3.63, 3.8) is 0 Å². The van der Waals surface area contributed by atoms with Crippen LogP contribution in [0, 0.1) is 11.8 Å². The van der Waals surface area contributed by atoms with Gasteiger partial charge in [0.15, 0.2) is 0 Å². The van der Waals surface area contributed by atoms with Crippen molar-refractivity contribution in [3.05, 3.63) is 71.8 Å². The highest BCUT2D eigenvalue weighted by Crippen LogP contribution is 2.50. The van der Waals surface area contributed by atoms with Crippen LogP contribution in [0.25, 0.3) is 0 Å². The molecule has 0 N–H and O–H groups in total. The summed E-state index contributed by atoms with van der Waals surface area (Å²) in [5, 5.41) is 0. The molecule has 2 aliphatic heterocycles. The zero-order chi connectivity index (χ0) is 22.6. The molecule has 0 saturated carbocycles. The number of nitrogens with zero attached hydrogens (tertiary/aromatic N) is 1. The Balaban J connectivity index is 1.71.